The summed E-state index contributed by atoms with van der Waals surface area (Å²) in [4.78, 5) is 4.25. The van der Waals surface area contributed by atoms with Crippen molar-refractivity contribution >= 4 is 53.1 Å². The maximum atomic E-state index is 6.07. The average Bonchev–Trinajstić information content (AvgIpc) is 2.91. The van der Waals surface area contributed by atoms with Crippen molar-refractivity contribution in [3.05, 3.63) is 57.8 Å². The van der Waals surface area contributed by atoms with Crippen LogP contribution in [0.25, 0.3) is 0 Å². The molecule has 7 heteroatoms. The number of hydrogen-bond donors (Lipinski definition) is 2. The molecule has 1 unspecified atom stereocenters. The van der Waals surface area contributed by atoms with Crippen LogP contribution in [0.4, 0.5) is 0 Å². The molecule has 0 bridgehead atoms. The van der Waals surface area contributed by atoms with Crippen molar-refractivity contribution in [2.24, 2.45) is 12.0 Å². The van der Waals surface area contributed by atoms with E-state index in [9.17, 15) is 0 Å². The van der Waals surface area contributed by atoms with Gasteiger partial charge in [0.25, 0.3) is 0 Å². The number of nitrogens with zero attached hydrogens (tertiary/aromatic N) is 2. The quantitative estimate of drug-likeness (QED) is 0.399. The fourth-order valence-electron chi connectivity index (χ4n) is 2.12. The van der Waals surface area contributed by atoms with E-state index in [1.54, 1.807) is 13.1 Å². The van der Waals surface area contributed by atoms with Crippen molar-refractivity contribution in [2.45, 2.75) is 19.5 Å². The molecule has 23 heavy (non-hydrogen) atoms. The number of aryl methyl sites for hydroxylation is 1. The van der Waals surface area contributed by atoms with Gasteiger partial charge in [-0.2, -0.15) is 0 Å². The Morgan fingerprint density at radius 2 is 2.00 bits per heavy atom. The highest BCUT2D eigenvalue weighted by molar-refractivity contribution is 14.0. The van der Waals surface area contributed by atoms with Crippen molar-refractivity contribution in [1.82, 2.24) is 15.2 Å². The van der Waals surface area contributed by atoms with Crippen molar-refractivity contribution in [1.29, 1.82) is 0 Å². The molecule has 0 fully saturated rings. The summed E-state index contributed by atoms with van der Waals surface area (Å²) in [5, 5.41) is 7.75. The van der Waals surface area contributed by atoms with E-state index in [1.807, 2.05) is 31.4 Å². The minimum Gasteiger partial charge on any atom is -0.353 e. The molecule has 1 atom stereocenters. The third kappa shape index (κ3) is 5.58. The van der Waals surface area contributed by atoms with E-state index < -0.39 is 0 Å². The normalized spacial score (nSPS) is 12.5. The van der Waals surface area contributed by atoms with Crippen LogP contribution in [0, 0.1) is 0 Å². The first-order chi connectivity index (χ1) is 10.5. The lowest BCUT2D eigenvalue weighted by molar-refractivity contribution is 0.676. The lowest BCUT2D eigenvalue weighted by Crippen LogP contribution is -2.38. The summed E-state index contributed by atoms with van der Waals surface area (Å²) in [6.45, 7) is 2.76. The predicted molar refractivity (Wildman–Crippen MR) is 109 cm³/mol. The maximum absolute atomic E-state index is 6.07. The summed E-state index contributed by atoms with van der Waals surface area (Å²) in [7, 11) is 3.77. The van der Waals surface area contributed by atoms with E-state index in [2.05, 4.69) is 33.2 Å². The number of nitrogens with one attached hydrogen (secondary N) is 2. The molecular weight excluding hydrogens is 446 g/mol. The van der Waals surface area contributed by atoms with E-state index in [0.717, 1.165) is 11.5 Å². The van der Waals surface area contributed by atoms with Crippen molar-refractivity contribution < 1.29 is 0 Å². The van der Waals surface area contributed by atoms with Gasteiger partial charge in [-0.05, 0) is 36.8 Å². The molecule has 0 aliphatic heterocycles. The fourth-order valence-corrected chi connectivity index (χ4v) is 2.43. The van der Waals surface area contributed by atoms with E-state index in [4.69, 9.17) is 23.2 Å². The number of hydrogen-bond acceptors (Lipinski definition) is 1. The summed E-state index contributed by atoms with van der Waals surface area (Å²) in [6, 6.07) is 9.78. The van der Waals surface area contributed by atoms with E-state index in [1.165, 1.54) is 5.69 Å². The van der Waals surface area contributed by atoms with Crippen molar-refractivity contribution in [3.63, 3.8) is 0 Å². The van der Waals surface area contributed by atoms with Crippen LogP contribution in [0.15, 0.2) is 41.5 Å². The molecule has 126 valence electrons. The predicted octanol–water partition coefficient (Wildman–Crippen LogP) is 4.38. The molecule has 2 aromatic rings. The van der Waals surface area contributed by atoms with Gasteiger partial charge in [-0.25, -0.2) is 0 Å². The van der Waals surface area contributed by atoms with Crippen LogP contribution in [-0.2, 0) is 13.6 Å². The van der Waals surface area contributed by atoms with Gasteiger partial charge in [0.15, 0.2) is 5.96 Å². The lowest BCUT2D eigenvalue weighted by atomic mass is 10.1. The van der Waals surface area contributed by atoms with E-state index >= 15 is 0 Å². The highest BCUT2D eigenvalue weighted by Gasteiger charge is 2.10. The second kappa shape index (κ2) is 9.39. The second-order valence-electron chi connectivity index (χ2n) is 5.08. The first kappa shape index (κ1) is 20.1. The minimum absolute atomic E-state index is 0. The highest BCUT2D eigenvalue weighted by Crippen LogP contribution is 2.25. The van der Waals surface area contributed by atoms with Gasteiger partial charge < -0.3 is 15.2 Å². The summed E-state index contributed by atoms with van der Waals surface area (Å²) in [5.74, 6) is 0.736. The van der Waals surface area contributed by atoms with Crippen molar-refractivity contribution in [2.75, 3.05) is 7.05 Å². The van der Waals surface area contributed by atoms with Crippen LogP contribution < -0.4 is 10.6 Å². The van der Waals surface area contributed by atoms with Crippen LogP contribution in [0.2, 0.25) is 10.0 Å². The number of guanidine groups is 1. The smallest absolute Gasteiger partial charge is 0.191 e. The Kier molecular flexibility index (Phi) is 8.22. The lowest BCUT2D eigenvalue weighted by Gasteiger charge is -2.19. The number of rotatable bonds is 4. The third-order valence-electron chi connectivity index (χ3n) is 3.51. The second-order valence-corrected chi connectivity index (χ2v) is 5.89. The molecule has 0 aliphatic carbocycles. The molecule has 1 aromatic heterocycles. The van der Waals surface area contributed by atoms with Gasteiger partial charge >= 0.3 is 0 Å². The minimum atomic E-state index is 0. The number of aromatic nitrogens is 1. The van der Waals surface area contributed by atoms with Gasteiger partial charge in [0.1, 0.15) is 0 Å². The van der Waals surface area contributed by atoms with Crippen LogP contribution in [0.1, 0.15) is 24.2 Å². The molecule has 0 spiro atoms. The summed E-state index contributed by atoms with van der Waals surface area (Å²) in [6.07, 6.45) is 2.02. The zero-order valence-corrected chi connectivity index (χ0v) is 17.1. The third-order valence-corrected chi connectivity index (χ3v) is 4.25. The molecule has 2 N–H and O–H groups in total. The van der Waals surface area contributed by atoms with Crippen LogP contribution in [-0.4, -0.2) is 17.6 Å². The standard InChI is InChI=1S/C16H20Cl2N4.HI/c1-11(12-6-7-14(17)15(18)9-12)21-16(19-2)20-10-13-5-4-8-22(13)3;/h4-9,11H,10H2,1-3H3,(H2,19,20,21);1H. The molecule has 4 nitrogen and oxygen atoms in total. The zero-order chi connectivity index (χ0) is 16.1. The Hall–Kier alpha value is -0.920. The molecule has 2 rings (SSSR count). The Balaban J connectivity index is 0.00000264. The highest BCUT2D eigenvalue weighted by atomic mass is 127. The van der Waals surface area contributed by atoms with Gasteiger partial charge in [-0.15, -0.1) is 24.0 Å². The number of halogens is 3. The van der Waals surface area contributed by atoms with Crippen LogP contribution in [0.3, 0.4) is 0 Å². The Bertz CT molecular complexity index is 670. The molecule has 0 saturated carbocycles. The van der Waals surface area contributed by atoms with Crippen molar-refractivity contribution in [3.8, 4) is 0 Å². The Morgan fingerprint density at radius 1 is 1.26 bits per heavy atom. The summed E-state index contributed by atoms with van der Waals surface area (Å²) < 4.78 is 2.07. The van der Waals surface area contributed by atoms with Crippen LogP contribution in [0.5, 0.6) is 0 Å². The molecule has 1 aromatic carbocycles. The van der Waals surface area contributed by atoms with Crippen LogP contribution >= 0.6 is 47.2 Å². The van der Waals surface area contributed by atoms with Gasteiger partial charge in [0, 0.05) is 26.0 Å². The fraction of sp³-hybridized carbons (Fsp3) is 0.312. The summed E-state index contributed by atoms with van der Waals surface area (Å²) >= 11 is 12.0. The Morgan fingerprint density at radius 3 is 2.57 bits per heavy atom. The first-order valence-corrected chi connectivity index (χ1v) is 7.79. The zero-order valence-electron chi connectivity index (χ0n) is 13.3. The van der Waals surface area contributed by atoms with Gasteiger partial charge in [0.2, 0.25) is 0 Å². The molecule has 0 aliphatic rings. The molecular formula is C16H21Cl2IN4. The van der Waals surface area contributed by atoms with Gasteiger partial charge in [0.05, 0.1) is 22.6 Å². The molecule has 1 heterocycles. The van der Waals surface area contributed by atoms with Gasteiger partial charge in [-0.3, -0.25) is 4.99 Å². The average molecular weight is 467 g/mol. The topological polar surface area (TPSA) is 41.4 Å². The Labute approximate surface area is 164 Å². The molecule has 0 saturated heterocycles. The van der Waals surface area contributed by atoms with E-state index in [-0.39, 0.29) is 30.0 Å². The monoisotopic (exact) mass is 466 g/mol. The molecule has 0 amide bonds. The maximum Gasteiger partial charge on any atom is 0.191 e. The van der Waals surface area contributed by atoms with Gasteiger partial charge in [-0.1, -0.05) is 29.3 Å². The number of benzene rings is 1. The summed E-state index contributed by atoms with van der Waals surface area (Å²) in [5.41, 5.74) is 2.24. The largest absolute Gasteiger partial charge is 0.353 e. The first-order valence-electron chi connectivity index (χ1n) is 7.03. The van der Waals surface area contributed by atoms with E-state index in [0.29, 0.717) is 16.6 Å². The SMILES string of the molecule is CN=C(NCc1cccn1C)NC(C)c1ccc(Cl)c(Cl)c1.I. The molecule has 0 radical (unpaired) electrons. The number of aliphatic imine (C=N–C) groups is 1.